The van der Waals surface area contributed by atoms with Gasteiger partial charge in [-0.25, -0.2) is 4.98 Å². The van der Waals surface area contributed by atoms with E-state index in [9.17, 15) is 9.59 Å². The smallest absolute Gasteiger partial charge is 0.349 e. The number of carbonyl (C=O) groups excluding carboxylic acids is 1. The predicted molar refractivity (Wildman–Crippen MR) is 170 cm³/mol. The van der Waals surface area contributed by atoms with Crippen LogP contribution >= 0.6 is 11.8 Å². The van der Waals surface area contributed by atoms with Crippen LogP contribution in [0.2, 0.25) is 28.2 Å². The van der Waals surface area contributed by atoms with E-state index in [0.717, 1.165) is 0 Å². The van der Waals surface area contributed by atoms with Crippen LogP contribution in [0.1, 0.15) is 81.5 Å². The van der Waals surface area contributed by atoms with Crippen LogP contribution in [0.15, 0.2) is 11.1 Å². The topological polar surface area (TPSA) is 120 Å². The van der Waals surface area contributed by atoms with Crippen LogP contribution in [0.3, 0.4) is 0 Å². The lowest BCUT2D eigenvalue weighted by atomic mass is 10.1. The van der Waals surface area contributed by atoms with Gasteiger partial charge < -0.3 is 13.3 Å². The van der Waals surface area contributed by atoms with Gasteiger partial charge in [-0.1, -0.05) is 76.2 Å². The second-order valence-electron chi connectivity index (χ2n) is 15.3. The van der Waals surface area contributed by atoms with E-state index >= 15 is 0 Å². The number of anilines is 1. The van der Waals surface area contributed by atoms with E-state index in [4.69, 9.17) is 13.3 Å². The number of nitrogens with zero attached hydrogens (tertiary/aromatic N) is 3. The van der Waals surface area contributed by atoms with Crippen molar-refractivity contribution in [2.24, 2.45) is 5.92 Å². The molecule has 0 unspecified atom stereocenters. The number of nitrogens with one attached hydrogen (secondary N) is 2. The standard InChI is InChI=1S/C28H49N5O5SSi2/c1-16(2)22(34)31-25-30-21-18(23(35)32-25)29-15-33(21)24-20(37-40(12,13)26(3,4)5)19-17(39-24)14-36-41(38-19,27(6,7)8)28(9,10)11/h15-17,19-20,24H,14H2,1-13H3,(H2,30,31,32,34,35)/t17-,19+,20-,24-/m1/s1. The Kier molecular flexibility index (Phi) is 8.36. The largest absolute Gasteiger partial charge is 0.408 e. The molecule has 4 rings (SSSR count). The molecule has 0 saturated carbocycles. The van der Waals surface area contributed by atoms with Crippen molar-refractivity contribution in [3.8, 4) is 0 Å². The van der Waals surface area contributed by atoms with Crippen molar-refractivity contribution in [2.45, 2.75) is 127 Å². The first-order valence-corrected chi connectivity index (χ1v) is 20.2. The van der Waals surface area contributed by atoms with E-state index < -0.39 is 22.4 Å². The molecule has 2 aromatic heterocycles. The number of rotatable bonds is 5. The average Bonchev–Trinajstić information content (AvgIpc) is 3.37. The quantitative estimate of drug-likeness (QED) is 0.379. The third-order valence-corrected chi connectivity index (χ3v) is 19.9. The number of fused-ring (bicyclic) bond motifs is 2. The summed E-state index contributed by atoms with van der Waals surface area (Å²) in [4.78, 5) is 37.1. The Labute approximate surface area is 250 Å². The van der Waals surface area contributed by atoms with Crippen LogP contribution in [0.25, 0.3) is 11.2 Å². The van der Waals surface area contributed by atoms with Crippen molar-refractivity contribution >= 4 is 51.7 Å². The van der Waals surface area contributed by atoms with Crippen molar-refractivity contribution in [1.82, 2.24) is 19.5 Å². The molecule has 0 bridgehead atoms. The second kappa shape index (κ2) is 10.6. The van der Waals surface area contributed by atoms with Gasteiger partial charge in [-0.3, -0.25) is 24.5 Å². The molecule has 0 radical (unpaired) electrons. The van der Waals surface area contributed by atoms with Gasteiger partial charge in [-0.05, 0) is 18.1 Å². The predicted octanol–water partition coefficient (Wildman–Crippen LogP) is 6.18. The Morgan fingerprint density at radius 3 is 2.32 bits per heavy atom. The Balaban J connectivity index is 1.83. The van der Waals surface area contributed by atoms with Gasteiger partial charge in [-0.15, -0.1) is 11.8 Å². The summed E-state index contributed by atoms with van der Waals surface area (Å²) in [6, 6.07) is 0. The summed E-state index contributed by atoms with van der Waals surface area (Å²) in [7, 11) is -5.03. The first-order valence-electron chi connectivity index (χ1n) is 14.5. The molecule has 2 aliphatic heterocycles. The molecule has 10 nitrogen and oxygen atoms in total. The molecule has 2 N–H and O–H groups in total. The monoisotopic (exact) mass is 623 g/mol. The number of thioether (sulfide) groups is 1. The number of hydrogen-bond acceptors (Lipinski definition) is 8. The fourth-order valence-corrected chi connectivity index (χ4v) is 13.7. The summed E-state index contributed by atoms with van der Waals surface area (Å²) in [6.45, 7) is 28.7. The molecule has 0 aliphatic carbocycles. The summed E-state index contributed by atoms with van der Waals surface area (Å²) in [5, 5.41) is 2.17. The Morgan fingerprint density at radius 2 is 1.78 bits per heavy atom. The summed E-state index contributed by atoms with van der Waals surface area (Å²) in [5.74, 6) is -0.379. The van der Waals surface area contributed by atoms with Crippen molar-refractivity contribution < 1.29 is 18.1 Å². The highest BCUT2D eigenvalue weighted by Gasteiger charge is 2.65. The Hall–Kier alpha value is -1.52. The molecule has 2 aromatic rings. The Morgan fingerprint density at radius 1 is 1.17 bits per heavy atom. The number of amides is 1. The van der Waals surface area contributed by atoms with Crippen molar-refractivity contribution in [3.05, 3.63) is 16.7 Å². The molecule has 230 valence electrons. The van der Waals surface area contributed by atoms with E-state index in [0.29, 0.717) is 12.3 Å². The maximum Gasteiger partial charge on any atom is 0.349 e. The van der Waals surface area contributed by atoms with Gasteiger partial charge in [0.25, 0.3) is 5.56 Å². The van der Waals surface area contributed by atoms with E-state index in [1.54, 1.807) is 31.9 Å². The molecule has 0 spiro atoms. The lowest BCUT2D eigenvalue weighted by Crippen LogP contribution is -2.65. The van der Waals surface area contributed by atoms with Crippen LogP contribution < -0.4 is 10.9 Å². The first kappa shape index (κ1) is 32.4. The molecule has 4 heterocycles. The van der Waals surface area contributed by atoms with Crippen LogP contribution in [0.5, 0.6) is 0 Å². The molecule has 13 heteroatoms. The number of aromatic amines is 1. The van der Waals surface area contributed by atoms with Gasteiger partial charge >= 0.3 is 8.56 Å². The molecule has 2 saturated heterocycles. The normalized spacial score (nSPS) is 25.5. The number of carbonyl (C=O) groups is 1. The zero-order valence-corrected chi connectivity index (χ0v) is 29.8. The highest BCUT2D eigenvalue weighted by Crippen LogP contribution is 2.59. The minimum atomic E-state index is -2.77. The van der Waals surface area contributed by atoms with Gasteiger partial charge in [0.05, 0.1) is 24.3 Å². The lowest BCUT2D eigenvalue weighted by Gasteiger charge is -2.54. The zero-order chi connectivity index (χ0) is 30.9. The van der Waals surface area contributed by atoms with Crippen LogP contribution in [-0.4, -0.2) is 66.4 Å². The average molecular weight is 624 g/mol. The summed E-state index contributed by atoms with van der Waals surface area (Å²) >= 11 is 1.73. The van der Waals surface area contributed by atoms with Gasteiger partial charge in [0.1, 0.15) is 11.5 Å². The SMILES string of the molecule is CC(C)C(=O)Nc1nc2c(ncn2[C@@H]2S[C@@H]3CO[Si](C(C)(C)C)(C(C)(C)C)O[C@@H]3[C@H]2O[Si](C)(C)C(C)(C)C)c(=O)[nH]1. The maximum atomic E-state index is 13.0. The van der Waals surface area contributed by atoms with Gasteiger partial charge in [-0.2, -0.15) is 4.98 Å². The fraction of sp³-hybridized carbons (Fsp3) is 0.786. The highest BCUT2D eigenvalue weighted by atomic mass is 32.2. The minimum absolute atomic E-state index is 0.0191. The van der Waals surface area contributed by atoms with Crippen LogP contribution in [0.4, 0.5) is 5.95 Å². The van der Waals surface area contributed by atoms with Crippen molar-refractivity contribution in [3.63, 3.8) is 0 Å². The molecule has 2 aliphatic rings. The number of aromatic nitrogens is 4. The number of hydrogen-bond donors (Lipinski definition) is 2. The molecule has 1 amide bonds. The van der Waals surface area contributed by atoms with Gasteiger partial charge in [0.15, 0.2) is 19.5 Å². The van der Waals surface area contributed by atoms with E-state index in [1.807, 2.05) is 4.57 Å². The highest BCUT2D eigenvalue weighted by molar-refractivity contribution is 8.00. The zero-order valence-electron chi connectivity index (χ0n) is 27.0. The Bertz CT molecular complexity index is 1340. The van der Waals surface area contributed by atoms with Crippen molar-refractivity contribution in [2.75, 3.05) is 11.9 Å². The maximum absolute atomic E-state index is 13.0. The molecule has 0 aromatic carbocycles. The van der Waals surface area contributed by atoms with E-state index in [2.05, 4.69) is 95.7 Å². The number of imidazole rings is 1. The fourth-order valence-electron chi connectivity index (χ4n) is 5.62. The molecule has 2 fully saturated rings. The third-order valence-electron chi connectivity index (χ3n) is 8.72. The molecular weight excluding hydrogens is 575 g/mol. The lowest BCUT2D eigenvalue weighted by molar-refractivity contribution is -0.118. The minimum Gasteiger partial charge on any atom is -0.408 e. The van der Waals surface area contributed by atoms with E-state index in [-0.39, 0.29) is 61.2 Å². The van der Waals surface area contributed by atoms with Crippen LogP contribution in [-0.2, 0) is 18.1 Å². The second-order valence-corrected chi connectivity index (χ2v) is 26.2. The molecule has 41 heavy (non-hydrogen) atoms. The number of H-pyrrole nitrogens is 1. The van der Waals surface area contributed by atoms with Crippen molar-refractivity contribution in [1.29, 1.82) is 0 Å². The summed E-state index contributed by atoms with van der Waals surface area (Å²) in [6.07, 6.45) is 1.16. The van der Waals surface area contributed by atoms with Gasteiger partial charge in [0, 0.05) is 16.0 Å². The van der Waals surface area contributed by atoms with Gasteiger partial charge in [0.2, 0.25) is 11.9 Å². The summed E-state index contributed by atoms with van der Waals surface area (Å²) in [5.41, 5.74) is 0.227. The molecular formula is C28H49N5O5SSi2. The molecule has 4 atom stereocenters. The van der Waals surface area contributed by atoms with E-state index in [1.165, 1.54) is 0 Å². The third kappa shape index (κ3) is 5.74. The van der Waals surface area contributed by atoms with Crippen LogP contribution in [0, 0.1) is 5.92 Å². The summed E-state index contributed by atoms with van der Waals surface area (Å²) < 4.78 is 23.2. The first-order chi connectivity index (χ1) is 18.6.